The van der Waals surface area contributed by atoms with Gasteiger partial charge < -0.3 is 5.32 Å². The monoisotopic (exact) mass is 374 g/mol. The second-order valence-electron chi connectivity index (χ2n) is 5.76. The van der Waals surface area contributed by atoms with E-state index in [0.29, 0.717) is 43.5 Å². The minimum absolute atomic E-state index is 0.0510. The first-order chi connectivity index (χ1) is 12.6. The molecule has 1 aromatic carbocycles. The van der Waals surface area contributed by atoms with Crippen LogP contribution in [0.5, 0.6) is 0 Å². The molecule has 2 rings (SSSR count). The van der Waals surface area contributed by atoms with Gasteiger partial charge in [-0.05, 0) is 37.5 Å². The van der Waals surface area contributed by atoms with E-state index in [1.807, 2.05) is 37.4 Å². The van der Waals surface area contributed by atoms with Gasteiger partial charge in [0.25, 0.3) is 0 Å². The van der Waals surface area contributed by atoms with Crippen LogP contribution >= 0.6 is 11.6 Å². The topological polar surface area (TPSA) is 92.9 Å². The Morgan fingerprint density at radius 3 is 2.81 bits per heavy atom. The Bertz CT molecular complexity index is 707. The summed E-state index contributed by atoms with van der Waals surface area (Å²) in [6.07, 6.45) is 4.62. The molecule has 0 spiro atoms. The van der Waals surface area contributed by atoms with Gasteiger partial charge >= 0.3 is 0 Å². The van der Waals surface area contributed by atoms with E-state index in [4.69, 9.17) is 16.9 Å². The van der Waals surface area contributed by atoms with Crippen molar-refractivity contribution in [3.63, 3.8) is 0 Å². The van der Waals surface area contributed by atoms with Crippen LogP contribution in [0.4, 0.5) is 0 Å². The van der Waals surface area contributed by atoms with E-state index >= 15 is 0 Å². The van der Waals surface area contributed by atoms with Crippen molar-refractivity contribution in [1.29, 1.82) is 5.26 Å². The molecule has 7 nitrogen and oxygen atoms in total. The lowest BCUT2D eigenvalue weighted by molar-refractivity contribution is -0.131. The molecule has 2 N–H and O–H groups in total. The molecule has 1 amide bonds. The predicted octanol–water partition coefficient (Wildman–Crippen LogP) is 2.48. The van der Waals surface area contributed by atoms with Gasteiger partial charge in [0.05, 0.1) is 5.71 Å². The number of rotatable bonds is 7. The molecule has 138 valence electrons. The summed E-state index contributed by atoms with van der Waals surface area (Å²) in [7, 11) is 0. The van der Waals surface area contributed by atoms with Crippen molar-refractivity contribution >= 4 is 29.2 Å². The first kappa shape index (κ1) is 19.7. The predicted molar refractivity (Wildman–Crippen MR) is 103 cm³/mol. The standard InChI is InChI=1S/C18H23ClN6O/c1-2-21-18(23-13-20)22-11-3-4-12-25-17(26)10-9-16(24-25)14-5-7-15(19)8-6-14/h5-8H,2-4,9-12H2,1H3,(H2,21,22,23). The zero-order valence-electron chi connectivity index (χ0n) is 14.8. The highest BCUT2D eigenvalue weighted by molar-refractivity contribution is 6.30. The molecule has 0 fully saturated rings. The van der Waals surface area contributed by atoms with E-state index in [1.54, 1.807) is 5.01 Å². The maximum Gasteiger partial charge on any atom is 0.243 e. The van der Waals surface area contributed by atoms with Crippen molar-refractivity contribution in [1.82, 2.24) is 15.6 Å². The van der Waals surface area contributed by atoms with Crippen molar-refractivity contribution in [2.45, 2.75) is 32.6 Å². The third kappa shape index (κ3) is 6.05. The Balaban J connectivity index is 1.83. The summed E-state index contributed by atoms with van der Waals surface area (Å²) in [4.78, 5) is 16.2. The SMILES string of the molecule is CC/N=C(\NC#N)NCCCCN1N=C(c2ccc(Cl)cc2)CCC1=O. The molecule has 1 aliphatic rings. The van der Waals surface area contributed by atoms with Gasteiger partial charge in [-0.25, -0.2) is 5.01 Å². The molecule has 0 unspecified atom stereocenters. The van der Waals surface area contributed by atoms with Gasteiger partial charge in [0.2, 0.25) is 11.9 Å². The maximum absolute atomic E-state index is 12.1. The number of unbranched alkanes of at least 4 members (excludes halogenated alkanes) is 1. The molecular weight excluding hydrogens is 352 g/mol. The molecule has 0 aromatic heterocycles. The number of hydrazone groups is 1. The molecular formula is C18H23ClN6O. The van der Waals surface area contributed by atoms with Crippen molar-refractivity contribution in [3.8, 4) is 6.19 Å². The van der Waals surface area contributed by atoms with Gasteiger partial charge in [-0.3, -0.25) is 15.1 Å². The molecule has 1 heterocycles. The number of carbonyl (C=O) groups is 1. The molecule has 8 heteroatoms. The lowest BCUT2D eigenvalue weighted by atomic mass is 10.0. The van der Waals surface area contributed by atoms with Crippen LogP contribution in [0.1, 0.15) is 38.2 Å². The highest BCUT2D eigenvalue weighted by atomic mass is 35.5. The van der Waals surface area contributed by atoms with Crippen LogP contribution < -0.4 is 10.6 Å². The molecule has 26 heavy (non-hydrogen) atoms. The van der Waals surface area contributed by atoms with E-state index in [2.05, 4.69) is 20.7 Å². The average molecular weight is 375 g/mol. The van der Waals surface area contributed by atoms with Crippen LogP contribution in [0.3, 0.4) is 0 Å². The number of halogens is 1. The molecule has 0 saturated carbocycles. The molecule has 1 aromatic rings. The summed E-state index contributed by atoms with van der Waals surface area (Å²) in [5, 5.41) is 21.0. The van der Waals surface area contributed by atoms with Crippen molar-refractivity contribution in [2.24, 2.45) is 10.1 Å². The normalized spacial score (nSPS) is 14.7. The van der Waals surface area contributed by atoms with Crippen LogP contribution in [0.15, 0.2) is 34.4 Å². The number of hydrogen-bond acceptors (Lipinski definition) is 4. The van der Waals surface area contributed by atoms with Crippen molar-refractivity contribution in [2.75, 3.05) is 19.6 Å². The Kier molecular flexibility index (Phi) is 7.90. The molecule has 0 radical (unpaired) electrons. The first-order valence-corrected chi connectivity index (χ1v) is 9.09. The Hall–Kier alpha value is -2.59. The van der Waals surface area contributed by atoms with Crippen LogP contribution in [-0.2, 0) is 4.79 Å². The minimum atomic E-state index is 0.0510. The minimum Gasteiger partial charge on any atom is -0.356 e. The number of nitrogens with one attached hydrogen (secondary N) is 2. The van der Waals surface area contributed by atoms with Gasteiger partial charge in [-0.2, -0.15) is 10.4 Å². The zero-order valence-corrected chi connectivity index (χ0v) is 15.6. The fourth-order valence-corrected chi connectivity index (χ4v) is 2.69. The number of carbonyl (C=O) groups excluding carboxylic acids is 1. The quantitative estimate of drug-likeness (QED) is 0.252. The lowest BCUT2D eigenvalue weighted by Crippen LogP contribution is -2.36. The van der Waals surface area contributed by atoms with E-state index < -0.39 is 0 Å². The van der Waals surface area contributed by atoms with Gasteiger partial charge in [0.1, 0.15) is 0 Å². The fourth-order valence-electron chi connectivity index (χ4n) is 2.57. The summed E-state index contributed by atoms with van der Waals surface area (Å²) in [6.45, 7) is 3.74. The molecule has 0 aliphatic carbocycles. The number of nitrogens with zero attached hydrogens (tertiary/aromatic N) is 4. The summed E-state index contributed by atoms with van der Waals surface area (Å²) in [6, 6.07) is 7.51. The number of guanidine groups is 1. The Morgan fingerprint density at radius 1 is 1.35 bits per heavy atom. The highest BCUT2D eigenvalue weighted by Crippen LogP contribution is 2.17. The molecule has 1 aliphatic heterocycles. The summed E-state index contributed by atoms with van der Waals surface area (Å²) < 4.78 is 0. The number of nitriles is 1. The largest absolute Gasteiger partial charge is 0.356 e. The van der Waals surface area contributed by atoms with E-state index in [0.717, 1.165) is 24.1 Å². The third-order valence-corrected chi connectivity index (χ3v) is 4.11. The maximum atomic E-state index is 12.1. The molecule has 0 bridgehead atoms. The summed E-state index contributed by atoms with van der Waals surface area (Å²) in [5.74, 6) is 0.530. The van der Waals surface area contributed by atoms with Gasteiger partial charge in [0.15, 0.2) is 6.19 Å². The smallest absolute Gasteiger partial charge is 0.243 e. The van der Waals surface area contributed by atoms with Gasteiger partial charge in [-0.15, -0.1) is 0 Å². The van der Waals surface area contributed by atoms with Crippen LogP contribution in [0.25, 0.3) is 0 Å². The van der Waals surface area contributed by atoms with Crippen LogP contribution in [-0.4, -0.2) is 42.2 Å². The first-order valence-electron chi connectivity index (χ1n) is 8.71. The molecule has 0 saturated heterocycles. The lowest BCUT2D eigenvalue weighted by Gasteiger charge is -2.23. The number of hydrogen-bond donors (Lipinski definition) is 2. The zero-order chi connectivity index (χ0) is 18.8. The highest BCUT2D eigenvalue weighted by Gasteiger charge is 2.20. The van der Waals surface area contributed by atoms with Crippen molar-refractivity contribution < 1.29 is 4.79 Å². The van der Waals surface area contributed by atoms with Crippen LogP contribution in [0, 0.1) is 11.5 Å². The number of aliphatic imine (C=N–C) groups is 1. The van der Waals surface area contributed by atoms with Gasteiger partial charge in [-0.1, -0.05) is 23.7 Å². The van der Waals surface area contributed by atoms with E-state index in [9.17, 15) is 4.79 Å². The third-order valence-electron chi connectivity index (χ3n) is 3.86. The fraction of sp³-hybridized carbons (Fsp3) is 0.444. The molecule has 0 atom stereocenters. The Labute approximate surface area is 158 Å². The summed E-state index contributed by atoms with van der Waals surface area (Å²) >= 11 is 5.92. The van der Waals surface area contributed by atoms with Gasteiger partial charge in [0, 0.05) is 37.5 Å². The van der Waals surface area contributed by atoms with Crippen LogP contribution in [0.2, 0.25) is 5.02 Å². The number of amides is 1. The average Bonchev–Trinajstić information content (AvgIpc) is 2.64. The summed E-state index contributed by atoms with van der Waals surface area (Å²) in [5.41, 5.74) is 1.91. The number of benzene rings is 1. The van der Waals surface area contributed by atoms with E-state index in [1.165, 1.54) is 0 Å². The second kappa shape index (κ2) is 10.4. The second-order valence-corrected chi connectivity index (χ2v) is 6.20. The van der Waals surface area contributed by atoms with E-state index in [-0.39, 0.29) is 5.91 Å². The Morgan fingerprint density at radius 2 is 2.12 bits per heavy atom. The van der Waals surface area contributed by atoms with Crippen molar-refractivity contribution in [3.05, 3.63) is 34.9 Å².